The molecule has 0 saturated heterocycles. The van der Waals surface area contributed by atoms with Crippen molar-refractivity contribution in [2.75, 3.05) is 11.9 Å². The third-order valence-electron chi connectivity index (χ3n) is 4.90. The molecule has 142 valence electrons. The van der Waals surface area contributed by atoms with Gasteiger partial charge in [0.25, 0.3) is 0 Å². The molecule has 0 spiro atoms. The quantitative estimate of drug-likeness (QED) is 0.460. The molecule has 0 fully saturated rings. The number of ether oxygens (including phenoxy) is 1. The van der Waals surface area contributed by atoms with Crippen LogP contribution in [-0.4, -0.2) is 16.2 Å². The molecule has 3 aromatic carbocycles. The summed E-state index contributed by atoms with van der Waals surface area (Å²) in [6.07, 6.45) is 2.94. The highest BCUT2D eigenvalue weighted by Gasteiger charge is 2.06. The molecule has 4 nitrogen and oxygen atoms in total. The van der Waals surface area contributed by atoms with Crippen LogP contribution in [0.25, 0.3) is 16.7 Å². The predicted molar refractivity (Wildman–Crippen MR) is 115 cm³/mol. The number of fused-ring (bicyclic) bond motifs is 1. The molecule has 0 bridgehead atoms. The van der Waals surface area contributed by atoms with E-state index in [9.17, 15) is 0 Å². The average molecular weight is 371 g/mol. The standard InChI is InChI=1S/C24H25N3O/c1-3-18-5-7-19(8-6-18)16-25-20-9-14-24-23(15-20)26-17-27(24)21-10-12-22(13-11-21)28-4-2/h5-15,17,25H,3-4,16H2,1-2H3. The van der Waals surface area contributed by atoms with E-state index < -0.39 is 0 Å². The van der Waals surface area contributed by atoms with Gasteiger partial charge in [0.2, 0.25) is 0 Å². The highest BCUT2D eigenvalue weighted by Crippen LogP contribution is 2.23. The van der Waals surface area contributed by atoms with E-state index in [0.717, 1.165) is 41.1 Å². The number of aryl methyl sites for hydroxylation is 1. The van der Waals surface area contributed by atoms with Crippen LogP contribution in [-0.2, 0) is 13.0 Å². The van der Waals surface area contributed by atoms with E-state index in [1.54, 1.807) is 0 Å². The van der Waals surface area contributed by atoms with Crippen LogP contribution in [0, 0.1) is 0 Å². The summed E-state index contributed by atoms with van der Waals surface area (Å²) in [5.41, 5.74) is 6.84. The number of imidazole rings is 1. The summed E-state index contributed by atoms with van der Waals surface area (Å²) in [5, 5.41) is 3.50. The maximum absolute atomic E-state index is 5.52. The number of hydrogen-bond donors (Lipinski definition) is 1. The van der Waals surface area contributed by atoms with Crippen molar-refractivity contribution in [2.24, 2.45) is 0 Å². The first-order valence-electron chi connectivity index (χ1n) is 9.79. The molecule has 0 aliphatic carbocycles. The highest BCUT2D eigenvalue weighted by atomic mass is 16.5. The molecule has 0 unspecified atom stereocenters. The number of aromatic nitrogens is 2. The van der Waals surface area contributed by atoms with E-state index in [4.69, 9.17) is 4.74 Å². The smallest absolute Gasteiger partial charge is 0.119 e. The van der Waals surface area contributed by atoms with E-state index >= 15 is 0 Å². The van der Waals surface area contributed by atoms with Crippen molar-refractivity contribution in [1.82, 2.24) is 9.55 Å². The minimum Gasteiger partial charge on any atom is -0.494 e. The number of nitrogens with one attached hydrogen (secondary N) is 1. The third kappa shape index (κ3) is 3.86. The fourth-order valence-corrected chi connectivity index (χ4v) is 3.29. The first-order valence-corrected chi connectivity index (χ1v) is 9.79. The zero-order chi connectivity index (χ0) is 19.3. The van der Waals surface area contributed by atoms with Gasteiger partial charge in [-0.05, 0) is 66.9 Å². The van der Waals surface area contributed by atoms with E-state index in [0.29, 0.717) is 6.61 Å². The lowest BCUT2D eigenvalue weighted by molar-refractivity contribution is 0.340. The molecule has 4 aromatic rings. The summed E-state index contributed by atoms with van der Waals surface area (Å²) in [4.78, 5) is 4.58. The lowest BCUT2D eigenvalue weighted by Gasteiger charge is -2.09. The monoisotopic (exact) mass is 371 g/mol. The molecule has 0 radical (unpaired) electrons. The third-order valence-corrected chi connectivity index (χ3v) is 4.90. The Labute approximate surface area is 165 Å². The molecule has 0 saturated carbocycles. The van der Waals surface area contributed by atoms with Gasteiger partial charge in [0.1, 0.15) is 12.1 Å². The van der Waals surface area contributed by atoms with Crippen LogP contribution in [0.15, 0.2) is 73.1 Å². The van der Waals surface area contributed by atoms with Gasteiger partial charge in [0.05, 0.1) is 17.6 Å². The van der Waals surface area contributed by atoms with E-state index in [1.807, 2.05) is 25.4 Å². The first kappa shape index (κ1) is 18.1. The molecule has 0 aliphatic heterocycles. The molecule has 0 aliphatic rings. The minimum atomic E-state index is 0.672. The molecule has 4 heteroatoms. The summed E-state index contributed by atoms with van der Waals surface area (Å²) in [6, 6.07) is 23.2. The number of rotatable bonds is 7. The van der Waals surface area contributed by atoms with Gasteiger partial charge in [0, 0.05) is 17.9 Å². The van der Waals surface area contributed by atoms with Crippen molar-refractivity contribution in [1.29, 1.82) is 0 Å². The van der Waals surface area contributed by atoms with Crippen LogP contribution >= 0.6 is 0 Å². The molecule has 1 aromatic heterocycles. The second kappa shape index (κ2) is 8.17. The minimum absolute atomic E-state index is 0.672. The number of nitrogens with zero attached hydrogens (tertiary/aromatic N) is 2. The van der Waals surface area contributed by atoms with Crippen LogP contribution in [0.5, 0.6) is 5.75 Å². The largest absolute Gasteiger partial charge is 0.494 e. The Hall–Kier alpha value is -3.27. The van der Waals surface area contributed by atoms with E-state index in [-0.39, 0.29) is 0 Å². The normalized spacial score (nSPS) is 10.9. The van der Waals surface area contributed by atoms with Gasteiger partial charge in [-0.3, -0.25) is 4.57 Å². The zero-order valence-electron chi connectivity index (χ0n) is 16.4. The Kier molecular flexibility index (Phi) is 5.29. The number of benzene rings is 3. The van der Waals surface area contributed by atoms with Crippen molar-refractivity contribution in [3.05, 3.63) is 84.2 Å². The summed E-state index contributed by atoms with van der Waals surface area (Å²) in [7, 11) is 0. The zero-order valence-corrected chi connectivity index (χ0v) is 16.4. The van der Waals surface area contributed by atoms with Crippen molar-refractivity contribution in [3.63, 3.8) is 0 Å². The molecular formula is C24H25N3O. The number of anilines is 1. The van der Waals surface area contributed by atoms with E-state index in [1.165, 1.54) is 11.1 Å². The number of hydrogen-bond acceptors (Lipinski definition) is 3. The van der Waals surface area contributed by atoms with Gasteiger partial charge in [-0.2, -0.15) is 0 Å². The van der Waals surface area contributed by atoms with Gasteiger partial charge in [-0.15, -0.1) is 0 Å². The van der Waals surface area contributed by atoms with Crippen LogP contribution in [0.4, 0.5) is 5.69 Å². The summed E-state index contributed by atoms with van der Waals surface area (Å²) in [5.74, 6) is 0.883. The average Bonchev–Trinajstić information content (AvgIpc) is 3.17. The van der Waals surface area contributed by atoms with Gasteiger partial charge < -0.3 is 10.1 Å². The first-order chi connectivity index (χ1) is 13.8. The Morgan fingerprint density at radius 1 is 0.893 bits per heavy atom. The lowest BCUT2D eigenvalue weighted by Crippen LogP contribution is -1.99. The molecule has 4 rings (SSSR count). The van der Waals surface area contributed by atoms with Crippen molar-refractivity contribution in [2.45, 2.75) is 26.8 Å². The van der Waals surface area contributed by atoms with Crippen LogP contribution < -0.4 is 10.1 Å². The highest BCUT2D eigenvalue weighted by molar-refractivity contribution is 5.81. The van der Waals surface area contributed by atoms with Gasteiger partial charge >= 0.3 is 0 Å². The topological polar surface area (TPSA) is 39.1 Å². The SMILES string of the molecule is CCOc1ccc(-n2cnc3cc(NCc4ccc(CC)cc4)ccc32)cc1. The maximum atomic E-state index is 5.52. The second-order valence-corrected chi connectivity index (χ2v) is 6.77. The van der Waals surface area contributed by atoms with Crippen molar-refractivity contribution < 1.29 is 4.74 Å². The molecule has 1 N–H and O–H groups in total. The molecular weight excluding hydrogens is 346 g/mol. The van der Waals surface area contributed by atoms with Crippen LogP contribution in [0.1, 0.15) is 25.0 Å². The summed E-state index contributed by atoms with van der Waals surface area (Å²) in [6.45, 7) is 5.64. The lowest BCUT2D eigenvalue weighted by atomic mass is 10.1. The second-order valence-electron chi connectivity index (χ2n) is 6.77. The van der Waals surface area contributed by atoms with Crippen LogP contribution in [0.3, 0.4) is 0 Å². The maximum Gasteiger partial charge on any atom is 0.119 e. The summed E-state index contributed by atoms with van der Waals surface area (Å²) < 4.78 is 7.62. The molecule has 0 amide bonds. The molecule has 0 atom stereocenters. The van der Waals surface area contributed by atoms with E-state index in [2.05, 4.69) is 76.4 Å². The van der Waals surface area contributed by atoms with Crippen molar-refractivity contribution >= 4 is 16.7 Å². The van der Waals surface area contributed by atoms with Crippen LogP contribution in [0.2, 0.25) is 0 Å². The Morgan fingerprint density at radius 2 is 1.64 bits per heavy atom. The van der Waals surface area contributed by atoms with Gasteiger partial charge in [-0.1, -0.05) is 31.2 Å². The fraction of sp³-hybridized carbons (Fsp3) is 0.208. The fourth-order valence-electron chi connectivity index (χ4n) is 3.29. The Morgan fingerprint density at radius 3 is 2.36 bits per heavy atom. The van der Waals surface area contributed by atoms with Gasteiger partial charge in [0.15, 0.2) is 0 Å². The molecule has 28 heavy (non-hydrogen) atoms. The van der Waals surface area contributed by atoms with Crippen molar-refractivity contribution in [3.8, 4) is 11.4 Å². The Balaban J connectivity index is 1.50. The van der Waals surface area contributed by atoms with Gasteiger partial charge in [-0.25, -0.2) is 4.98 Å². The molecule has 1 heterocycles. The predicted octanol–water partition coefficient (Wildman–Crippen LogP) is 5.60. The Bertz CT molecular complexity index is 1050. The summed E-state index contributed by atoms with van der Waals surface area (Å²) >= 11 is 0.